The van der Waals surface area contributed by atoms with Gasteiger partial charge in [-0.2, -0.15) is 0 Å². The summed E-state index contributed by atoms with van der Waals surface area (Å²) < 4.78 is 10.8. The summed E-state index contributed by atoms with van der Waals surface area (Å²) in [6.45, 7) is 5.91. The van der Waals surface area contributed by atoms with Crippen LogP contribution in [0.3, 0.4) is 0 Å². The average Bonchev–Trinajstić information content (AvgIpc) is 3.22. The van der Waals surface area contributed by atoms with Gasteiger partial charge in [0.05, 0.1) is 0 Å². The molecule has 1 heterocycles. The molecule has 0 spiro atoms. The van der Waals surface area contributed by atoms with Gasteiger partial charge in [-0.1, -0.05) is 30.3 Å². The van der Waals surface area contributed by atoms with Crippen LogP contribution in [0.5, 0.6) is 0 Å². The van der Waals surface area contributed by atoms with Crippen LogP contribution in [-0.4, -0.2) is 41.1 Å². The molecule has 1 atom stereocenters. The Bertz CT molecular complexity index is 919. The van der Waals surface area contributed by atoms with Gasteiger partial charge in [-0.25, -0.2) is 9.59 Å². The van der Waals surface area contributed by atoms with E-state index in [4.69, 9.17) is 9.47 Å². The molecule has 0 saturated carbocycles. The van der Waals surface area contributed by atoms with Crippen molar-refractivity contribution in [1.82, 2.24) is 4.90 Å². The zero-order valence-corrected chi connectivity index (χ0v) is 18.1. The largest absolute Gasteiger partial charge is 0.459 e. The smallest absolute Gasteiger partial charge is 0.411 e. The van der Waals surface area contributed by atoms with Crippen LogP contribution in [0.4, 0.5) is 10.5 Å². The van der Waals surface area contributed by atoms with Crippen LogP contribution < -0.4 is 5.32 Å². The van der Waals surface area contributed by atoms with Crippen LogP contribution in [0, 0.1) is 0 Å². The monoisotopic (exact) mass is 424 g/mol. The van der Waals surface area contributed by atoms with Crippen LogP contribution in [0.25, 0.3) is 0 Å². The van der Waals surface area contributed by atoms with Gasteiger partial charge in [-0.05, 0) is 63.4 Å². The van der Waals surface area contributed by atoms with Crippen molar-refractivity contribution < 1.29 is 23.9 Å². The predicted molar refractivity (Wildman–Crippen MR) is 117 cm³/mol. The summed E-state index contributed by atoms with van der Waals surface area (Å²) in [4.78, 5) is 38.6. The summed E-state index contributed by atoms with van der Waals surface area (Å²) in [5, 5.41) is 2.82. The highest BCUT2D eigenvalue weighted by Gasteiger charge is 2.37. The van der Waals surface area contributed by atoms with Crippen molar-refractivity contribution >= 4 is 23.7 Å². The fourth-order valence-electron chi connectivity index (χ4n) is 3.28. The Morgan fingerprint density at radius 2 is 1.71 bits per heavy atom. The predicted octanol–water partition coefficient (Wildman–Crippen LogP) is 4.38. The van der Waals surface area contributed by atoms with Gasteiger partial charge in [0.1, 0.15) is 18.2 Å². The second-order valence-electron chi connectivity index (χ2n) is 8.46. The highest BCUT2D eigenvalue weighted by Crippen LogP contribution is 2.22. The molecule has 0 radical (unpaired) electrons. The Labute approximate surface area is 182 Å². The molecule has 31 heavy (non-hydrogen) atoms. The standard InChI is InChI=1S/C24H28N2O5/c1-24(2,3)31-23(29)26-15-7-10-20(26)22(28)30-16-17-11-13-18(14-12-17)21(27)25-19-8-5-4-6-9-19/h4-6,8-9,11-14,20H,7,10,15-16H2,1-3H3,(H,25,27)/t20-/m0/s1. The van der Waals surface area contributed by atoms with Gasteiger partial charge >= 0.3 is 12.1 Å². The molecule has 1 saturated heterocycles. The normalized spacial score (nSPS) is 16.0. The third-order valence-corrected chi connectivity index (χ3v) is 4.78. The highest BCUT2D eigenvalue weighted by molar-refractivity contribution is 6.04. The molecule has 3 rings (SSSR count). The number of benzene rings is 2. The summed E-state index contributed by atoms with van der Waals surface area (Å²) in [5.74, 6) is -0.664. The van der Waals surface area contributed by atoms with Gasteiger partial charge in [-0.15, -0.1) is 0 Å². The molecule has 7 heteroatoms. The Morgan fingerprint density at radius 3 is 2.35 bits per heavy atom. The maximum absolute atomic E-state index is 12.5. The van der Waals surface area contributed by atoms with E-state index in [0.29, 0.717) is 18.5 Å². The number of carbonyl (C=O) groups excluding carboxylic acids is 3. The summed E-state index contributed by atoms with van der Waals surface area (Å²) in [6.07, 6.45) is 0.779. The van der Waals surface area contributed by atoms with Crippen molar-refractivity contribution in [3.8, 4) is 0 Å². The van der Waals surface area contributed by atoms with Gasteiger partial charge in [0, 0.05) is 17.8 Å². The molecule has 0 aromatic heterocycles. The second-order valence-corrected chi connectivity index (χ2v) is 8.46. The Balaban J connectivity index is 1.53. The number of rotatable bonds is 5. The first-order valence-corrected chi connectivity index (χ1v) is 10.3. The third-order valence-electron chi connectivity index (χ3n) is 4.78. The molecule has 164 valence electrons. The lowest BCUT2D eigenvalue weighted by Gasteiger charge is -2.27. The molecule has 2 aromatic carbocycles. The number of hydrogen-bond acceptors (Lipinski definition) is 5. The van der Waals surface area contributed by atoms with Crippen LogP contribution >= 0.6 is 0 Å². The average molecular weight is 424 g/mol. The number of nitrogens with zero attached hydrogens (tertiary/aromatic N) is 1. The molecule has 2 aromatic rings. The number of nitrogens with one attached hydrogen (secondary N) is 1. The lowest BCUT2D eigenvalue weighted by Crippen LogP contribution is -2.44. The van der Waals surface area contributed by atoms with Crippen molar-refractivity contribution in [2.24, 2.45) is 0 Å². The van der Waals surface area contributed by atoms with Crippen molar-refractivity contribution in [3.63, 3.8) is 0 Å². The quantitative estimate of drug-likeness (QED) is 0.720. The summed E-state index contributed by atoms with van der Waals surface area (Å²) in [5.41, 5.74) is 1.36. The minimum Gasteiger partial charge on any atom is -0.459 e. The molecule has 1 fully saturated rings. The summed E-state index contributed by atoms with van der Waals surface area (Å²) >= 11 is 0. The first-order valence-electron chi connectivity index (χ1n) is 10.3. The van der Waals surface area contributed by atoms with Crippen LogP contribution in [0.15, 0.2) is 54.6 Å². The fourth-order valence-corrected chi connectivity index (χ4v) is 3.28. The summed E-state index contributed by atoms with van der Waals surface area (Å²) in [7, 11) is 0. The number of esters is 1. The second kappa shape index (κ2) is 9.64. The van der Waals surface area contributed by atoms with Crippen LogP contribution in [0.1, 0.15) is 49.5 Å². The molecule has 7 nitrogen and oxygen atoms in total. The van der Waals surface area contributed by atoms with Gasteiger partial charge in [-0.3, -0.25) is 9.69 Å². The third kappa shape index (κ3) is 6.31. The minimum absolute atomic E-state index is 0.0675. The number of ether oxygens (including phenoxy) is 2. The molecule has 1 aliphatic heterocycles. The van der Waals surface area contributed by atoms with E-state index in [2.05, 4.69) is 5.32 Å². The first kappa shape index (κ1) is 22.3. The number of para-hydroxylation sites is 1. The Morgan fingerprint density at radius 1 is 1.03 bits per heavy atom. The van der Waals surface area contributed by atoms with E-state index in [1.54, 1.807) is 45.0 Å². The number of likely N-dealkylation sites (tertiary alicyclic amines) is 1. The van der Waals surface area contributed by atoms with E-state index >= 15 is 0 Å². The Kier molecular flexibility index (Phi) is 6.95. The molecular weight excluding hydrogens is 396 g/mol. The van der Waals surface area contributed by atoms with Crippen LogP contribution in [-0.2, 0) is 20.9 Å². The topological polar surface area (TPSA) is 84.9 Å². The molecule has 2 amide bonds. The first-order chi connectivity index (χ1) is 14.7. The van der Waals surface area contributed by atoms with Gasteiger partial charge < -0.3 is 14.8 Å². The molecule has 0 aliphatic carbocycles. The lowest BCUT2D eigenvalue weighted by molar-refractivity contribution is -0.150. The van der Waals surface area contributed by atoms with Crippen molar-refractivity contribution in [3.05, 3.63) is 65.7 Å². The fraction of sp³-hybridized carbons (Fsp3) is 0.375. The molecule has 1 N–H and O–H groups in total. The molecule has 0 bridgehead atoms. The molecular formula is C24H28N2O5. The Hall–Kier alpha value is -3.35. The van der Waals surface area contributed by atoms with Gasteiger partial charge in [0.2, 0.25) is 0 Å². The molecule has 1 aliphatic rings. The lowest BCUT2D eigenvalue weighted by atomic mass is 10.1. The van der Waals surface area contributed by atoms with Crippen LogP contribution in [0.2, 0.25) is 0 Å². The van der Waals surface area contributed by atoms with E-state index in [1.807, 2.05) is 30.3 Å². The van der Waals surface area contributed by atoms with Gasteiger partial charge in [0.25, 0.3) is 5.91 Å². The van der Waals surface area contributed by atoms with E-state index in [0.717, 1.165) is 17.7 Å². The summed E-state index contributed by atoms with van der Waals surface area (Å²) in [6, 6.07) is 15.4. The zero-order valence-electron chi connectivity index (χ0n) is 18.1. The SMILES string of the molecule is CC(C)(C)OC(=O)N1CCC[C@H]1C(=O)OCc1ccc(C(=O)Nc2ccccc2)cc1. The van der Waals surface area contributed by atoms with E-state index in [9.17, 15) is 14.4 Å². The van der Waals surface area contributed by atoms with Crippen molar-refractivity contribution in [2.75, 3.05) is 11.9 Å². The van der Waals surface area contributed by atoms with E-state index < -0.39 is 23.7 Å². The maximum Gasteiger partial charge on any atom is 0.411 e. The number of amides is 2. The maximum atomic E-state index is 12.5. The molecule has 0 unspecified atom stereocenters. The van der Waals surface area contributed by atoms with E-state index in [1.165, 1.54) is 4.90 Å². The van der Waals surface area contributed by atoms with Crippen molar-refractivity contribution in [2.45, 2.75) is 51.9 Å². The number of anilines is 1. The van der Waals surface area contributed by atoms with E-state index in [-0.39, 0.29) is 12.5 Å². The van der Waals surface area contributed by atoms with Crippen molar-refractivity contribution in [1.29, 1.82) is 0 Å². The number of hydrogen-bond donors (Lipinski definition) is 1. The number of carbonyl (C=O) groups is 3. The highest BCUT2D eigenvalue weighted by atomic mass is 16.6. The van der Waals surface area contributed by atoms with Gasteiger partial charge in [0.15, 0.2) is 0 Å². The zero-order chi connectivity index (χ0) is 22.4. The minimum atomic E-state index is -0.634.